The molecule has 0 atom stereocenters. The molecule has 4 aromatic rings. The van der Waals surface area contributed by atoms with Crippen LogP contribution in [0.5, 0.6) is 0 Å². The van der Waals surface area contributed by atoms with Gasteiger partial charge in [-0.1, -0.05) is 36.4 Å². The van der Waals surface area contributed by atoms with Gasteiger partial charge in [0.2, 0.25) is 0 Å². The smallest absolute Gasteiger partial charge is 0.339 e. The maximum atomic E-state index is 12.3. The van der Waals surface area contributed by atoms with E-state index in [0.717, 1.165) is 11.5 Å². The summed E-state index contributed by atoms with van der Waals surface area (Å²) in [5.74, 6) is -5.31. The fourth-order valence-electron chi connectivity index (χ4n) is 3.89. The Kier molecular flexibility index (Phi) is 11.3. The first-order valence-corrected chi connectivity index (χ1v) is 13.0. The van der Waals surface area contributed by atoms with E-state index in [0.29, 0.717) is 37.0 Å². The van der Waals surface area contributed by atoms with Crippen molar-refractivity contribution in [1.29, 1.82) is 0 Å². The van der Waals surface area contributed by atoms with Crippen molar-refractivity contribution in [3.8, 4) is 0 Å². The second-order valence-corrected chi connectivity index (χ2v) is 9.07. The largest absolute Gasteiger partial charge is 0.478 e. The van der Waals surface area contributed by atoms with Crippen molar-refractivity contribution >= 4 is 46.6 Å². The van der Waals surface area contributed by atoms with Gasteiger partial charge in [0.25, 0.3) is 0 Å². The average Bonchev–Trinajstić information content (AvgIpc) is 3.02. The fraction of sp³-hybridized carbons (Fsp3) is 0.125. The molecule has 0 spiro atoms. The molecule has 0 saturated carbocycles. The van der Waals surface area contributed by atoms with Crippen LogP contribution in [-0.2, 0) is 9.47 Å². The van der Waals surface area contributed by atoms with E-state index >= 15 is 0 Å². The molecule has 4 N–H and O–H groups in total. The van der Waals surface area contributed by atoms with Gasteiger partial charge in [-0.3, -0.25) is 0 Å². The van der Waals surface area contributed by atoms with Gasteiger partial charge >= 0.3 is 35.8 Å². The lowest BCUT2D eigenvalue weighted by molar-refractivity contribution is 0.0396. The van der Waals surface area contributed by atoms with Crippen LogP contribution in [0.1, 0.15) is 75.0 Å². The molecule has 44 heavy (non-hydrogen) atoms. The van der Waals surface area contributed by atoms with Crippen LogP contribution >= 0.6 is 0 Å². The van der Waals surface area contributed by atoms with Crippen molar-refractivity contribution in [2.75, 3.05) is 13.2 Å². The van der Waals surface area contributed by atoms with Gasteiger partial charge in [-0.25, -0.2) is 28.8 Å². The Labute approximate surface area is 249 Å². The minimum Gasteiger partial charge on any atom is -0.478 e. The van der Waals surface area contributed by atoms with Gasteiger partial charge in [-0.2, -0.15) is 0 Å². The Balaban J connectivity index is 0.000000192. The number of cyclic esters (lactones) is 2. The average molecular weight is 603 g/mol. The highest BCUT2D eigenvalue weighted by Crippen LogP contribution is 2.25. The van der Waals surface area contributed by atoms with Crippen LogP contribution < -0.4 is 0 Å². The summed E-state index contributed by atoms with van der Waals surface area (Å²) < 4.78 is 10.4. The number of carbonyl (C=O) groups is 6. The third kappa shape index (κ3) is 8.73. The summed E-state index contributed by atoms with van der Waals surface area (Å²) in [7, 11) is 0. The molecule has 226 valence electrons. The molecule has 0 unspecified atom stereocenters. The molecule has 0 amide bonds. The molecule has 0 bridgehead atoms. The normalized spacial score (nSPS) is 12.5. The van der Waals surface area contributed by atoms with Crippen molar-refractivity contribution in [2.24, 2.45) is 0 Å². The van der Waals surface area contributed by atoms with Gasteiger partial charge in [-0.05, 0) is 72.1 Å². The van der Waals surface area contributed by atoms with Crippen molar-refractivity contribution in [3.05, 3.63) is 118 Å². The predicted molar refractivity (Wildman–Crippen MR) is 154 cm³/mol. The number of carboxylic acids is 4. The van der Waals surface area contributed by atoms with E-state index in [2.05, 4.69) is 0 Å². The van der Waals surface area contributed by atoms with E-state index in [1.165, 1.54) is 42.5 Å². The molecule has 0 fully saturated rings. The zero-order valence-electron chi connectivity index (χ0n) is 23.0. The summed E-state index contributed by atoms with van der Waals surface area (Å²) in [4.78, 5) is 65.8. The number of esters is 2. The van der Waals surface area contributed by atoms with Crippen LogP contribution in [0.2, 0.25) is 0 Å². The first-order valence-electron chi connectivity index (χ1n) is 13.0. The zero-order valence-corrected chi connectivity index (χ0v) is 23.0. The molecular formula is C32H26O12. The summed E-state index contributed by atoms with van der Waals surface area (Å²) in [6.07, 6.45) is 1.39. The first-order chi connectivity index (χ1) is 21.0. The summed E-state index contributed by atoms with van der Waals surface area (Å²) in [5.41, 5.74) is 0.704. The maximum Gasteiger partial charge on any atom is 0.339 e. The van der Waals surface area contributed by atoms with Crippen LogP contribution in [0.3, 0.4) is 0 Å². The summed E-state index contributed by atoms with van der Waals surface area (Å²) in [5, 5.41) is 35.5. The van der Waals surface area contributed by atoms with Crippen molar-refractivity contribution < 1.29 is 58.7 Å². The summed E-state index contributed by atoms with van der Waals surface area (Å²) in [6, 6.07) is 21.1. The highest BCUT2D eigenvalue weighted by atomic mass is 16.5. The highest BCUT2D eigenvalue weighted by molar-refractivity contribution is 6.12. The number of ether oxygens (including phenoxy) is 2. The number of benzene rings is 4. The molecule has 1 aliphatic rings. The van der Waals surface area contributed by atoms with Crippen LogP contribution in [0.15, 0.2) is 84.9 Å². The maximum absolute atomic E-state index is 12.3. The fourth-order valence-corrected chi connectivity index (χ4v) is 3.89. The quantitative estimate of drug-likeness (QED) is 0.225. The molecule has 12 nitrogen and oxygen atoms in total. The number of rotatable bonds is 4. The number of aromatic carboxylic acids is 4. The molecule has 0 aromatic heterocycles. The molecule has 1 aliphatic heterocycles. The molecule has 0 saturated heterocycles. The molecular weight excluding hydrogens is 576 g/mol. The van der Waals surface area contributed by atoms with Gasteiger partial charge < -0.3 is 29.9 Å². The Morgan fingerprint density at radius 2 is 1.00 bits per heavy atom. The van der Waals surface area contributed by atoms with E-state index in [1.54, 1.807) is 6.07 Å². The number of carboxylic acid groups (broad SMARTS) is 4. The first kappa shape index (κ1) is 32.5. The lowest BCUT2D eigenvalue weighted by Gasteiger charge is -2.14. The van der Waals surface area contributed by atoms with E-state index in [9.17, 15) is 28.8 Å². The Hall–Kier alpha value is -6.04. The predicted octanol–water partition coefficient (Wildman–Crippen LogP) is 5.11. The summed E-state index contributed by atoms with van der Waals surface area (Å²) in [6.45, 7) is 0.696. The Morgan fingerprint density at radius 1 is 0.523 bits per heavy atom. The third-order valence-corrected chi connectivity index (χ3v) is 6.09. The third-order valence-electron chi connectivity index (χ3n) is 6.09. The number of fused-ring (bicyclic) bond motifs is 3. The van der Waals surface area contributed by atoms with Gasteiger partial charge in [0, 0.05) is 0 Å². The van der Waals surface area contributed by atoms with Crippen LogP contribution in [0.25, 0.3) is 10.8 Å². The van der Waals surface area contributed by atoms with Crippen LogP contribution in [0.4, 0.5) is 0 Å². The van der Waals surface area contributed by atoms with E-state index in [4.69, 9.17) is 29.9 Å². The van der Waals surface area contributed by atoms with Gasteiger partial charge in [0.05, 0.1) is 46.6 Å². The SMILES string of the molecule is O=C(O)c1ccc(C(=O)O)cc1.O=C(O)c1cccc(C(=O)O)c1.O=C1OCCCCOC(=O)c2c1ccc1ccccc21. The molecule has 0 radical (unpaired) electrons. The molecule has 12 heteroatoms. The monoisotopic (exact) mass is 602 g/mol. The van der Waals surface area contributed by atoms with E-state index in [-0.39, 0.29) is 27.8 Å². The number of hydrogen-bond acceptors (Lipinski definition) is 8. The van der Waals surface area contributed by atoms with Gasteiger partial charge in [0.1, 0.15) is 0 Å². The lowest BCUT2D eigenvalue weighted by atomic mass is 9.99. The molecule has 0 aliphatic carbocycles. The Bertz CT molecular complexity index is 1640. The number of carbonyl (C=O) groups excluding carboxylic acids is 2. The molecule has 4 aromatic carbocycles. The van der Waals surface area contributed by atoms with Gasteiger partial charge in [-0.15, -0.1) is 0 Å². The lowest BCUT2D eigenvalue weighted by Crippen LogP contribution is -2.17. The minimum atomic E-state index is -1.13. The second kappa shape index (κ2) is 15.3. The van der Waals surface area contributed by atoms with Gasteiger partial charge in [0.15, 0.2) is 0 Å². The minimum absolute atomic E-state index is 0.0186. The Morgan fingerprint density at radius 3 is 1.50 bits per heavy atom. The standard InChI is InChI=1S/C16H14O4.2C8H6O4/c17-15-13-8-7-11-5-1-2-6-12(11)14(13)16(18)20-10-4-3-9-19-15;9-7(10)5-1-2-6(4-3-5)8(11)12;9-7(10)5-2-1-3-6(4-5)8(11)12/h1-2,5-8H,3-4,9-10H2;2*1-4H,(H,9,10)(H,11,12). The van der Waals surface area contributed by atoms with Crippen LogP contribution in [0, 0.1) is 0 Å². The van der Waals surface area contributed by atoms with E-state index < -0.39 is 35.8 Å². The topological polar surface area (TPSA) is 202 Å². The zero-order chi connectivity index (χ0) is 32.2. The second-order valence-electron chi connectivity index (χ2n) is 9.07. The van der Waals surface area contributed by atoms with Crippen LogP contribution in [-0.4, -0.2) is 69.5 Å². The van der Waals surface area contributed by atoms with Crippen molar-refractivity contribution in [1.82, 2.24) is 0 Å². The van der Waals surface area contributed by atoms with Crippen molar-refractivity contribution in [3.63, 3.8) is 0 Å². The van der Waals surface area contributed by atoms with E-state index in [1.807, 2.05) is 30.3 Å². The molecule has 5 rings (SSSR count). The molecule has 1 heterocycles. The highest BCUT2D eigenvalue weighted by Gasteiger charge is 2.23. The summed E-state index contributed by atoms with van der Waals surface area (Å²) >= 11 is 0. The number of hydrogen-bond donors (Lipinski definition) is 4. The van der Waals surface area contributed by atoms with Crippen molar-refractivity contribution in [2.45, 2.75) is 12.8 Å².